The van der Waals surface area contributed by atoms with Crippen LogP contribution in [-0.4, -0.2) is 19.1 Å². The standard InChI is InChI=1S/C56H36N4/c1-4-16-37(17-5-1)38-28-30-39(31-29-38)49-36-50(58-56(57-49)40-18-6-2-7-19-40)48-35-43(34-41-20-10-11-23-44(41)48)59-52-27-15-13-25-47(52)54-53(59)33-32-46-45-24-12-14-26-51(45)60(55(46)54)42-21-8-3-9-22-42/h1-36H. The van der Waals surface area contributed by atoms with Crippen LogP contribution in [0.4, 0.5) is 0 Å². The first-order valence-electron chi connectivity index (χ1n) is 20.4. The van der Waals surface area contributed by atoms with Crippen LogP contribution in [0.25, 0.3) is 111 Å². The van der Waals surface area contributed by atoms with Crippen LogP contribution in [0.3, 0.4) is 0 Å². The Kier molecular flexibility index (Phi) is 7.82. The Morgan fingerprint density at radius 2 is 0.883 bits per heavy atom. The highest BCUT2D eigenvalue weighted by Gasteiger charge is 2.22. The molecular formula is C56H36N4. The minimum atomic E-state index is 0.692. The van der Waals surface area contributed by atoms with Crippen LogP contribution in [0.5, 0.6) is 0 Å². The molecule has 12 aromatic rings. The van der Waals surface area contributed by atoms with Gasteiger partial charge in [-0.15, -0.1) is 0 Å². The summed E-state index contributed by atoms with van der Waals surface area (Å²) < 4.78 is 4.88. The molecular weight excluding hydrogens is 729 g/mol. The van der Waals surface area contributed by atoms with Crippen LogP contribution < -0.4 is 0 Å². The van der Waals surface area contributed by atoms with E-state index in [4.69, 9.17) is 9.97 Å². The SMILES string of the molecule is c1ccc(-c2ccc(-c3cc(-c4cc(-n5c6ccccc6c6c5ccc5c7ccccc7n(-c7ccccc7)c56)cc5ccccc45)nc(-c4ccccc4)n3)cc2)cc1. The molecule has 4 nitrogen and oxygen atoms in total. The molecule has 0 saturated heterocycles. The fourth-order valence-electron chi connectivity index (χ4n) is 9.18. The number of nitrogens with zero attached hydrogens (tertiary/aromatic N) is 4. The lowest BCUT2D eigenvalue weighted by atomic mass is 9.98. The first-order chi connectivity index (χ1) is 29.8. The molecule has 0 saturated carbocycles. The second-order valence-electron chi connectivity index (χ2n) is 15.4. The zero-order chi connectivity index (χ0) is 39.6. The third-order valence-corrected chi connectivity index (χ3v) is 11.9. The van der Waals surface area contributed by atoms with Gasteiger partial charge in [-0.1, -0.05) is 170 Å². The van der Waals surface area contributed by atoms with Crippen molar-refractivity contribution >= 4 is 54.4 Å². The van der Waals surface area contributed by atoms with E-state index in [9.17, 15) is 0 Å². The monoisotopic (exact) mass is 764 g/mol. The molecule has 3 heterocycles. The largest absolute Gasteiger partial charge is 0.309 e. The maximum Gasteiger partial charge on any atom is 0.160 e. The number of aromatic nitrogens is 4. The summed E-state index contributed by atoms with van der Waals surface area (Å²) in [7, 11) is 0. The molecule has 0 aliphatic carbocycles. The van der Waals surface area contributed by atoms with Gasteiger partial charge in [-0.2, -0.15) is 0 Å². The quantitative estimate of drug-likeness (QED) is 0.169. The van der Waals surface area contributed by atoms with Gasteiger partial charge in [0.2, 0.25) is 0 Å². The zero-order valence-electron chi connectivity index (χ0n) is 32.6. The van der Waals surface area contributed by atoms with E-state index in [2.05, 4.69) is 209 Å². The van der Waals surface area contributed by atoms with Crippen molar-refractivity contribution in [2.24, 2.45) is 0 Å². The molecule has 0 aliphatic rings. The smallest absolute Gasteiger partial charge is 0.160 e. The third kappa shape index (κ3) is 5.46. The van der Waals surface area contributed by atoms with E-state index < -0.39 is 0 Å². The first-order valence-corrected chi connectivity index (χ1v) is 20.4. The second kappa shape index (κ2) is 13.8. The predicted molar refractivity (Wildman–Crippen MR) is 250 cm³/mol. The van der Waals surface area contributed by atoms with Crippen molar-refractivity contribution in [1.82, 2.24) is 19.1 Å². The maximum atomic E-state index is 5.35. The Hall–Kier alpha value is -8.08. The van der Waals surface area contributed by atoms with Gasteiger partial charge in [0.15, 0.2) is 5.82 Å². The van der Waals surface area contributed by atoms with Crippen molar-refractivity contribution < 1.29 is 0 Å². The van der Waals surface area contributed by atoms with E-state index in [1.54, 1.807) is 0 Å². The van der Waals surface area contributed by atoms with Crippen LogP contribution in [0.2, 0.25) is 0 Å². The number of para-hydroxylation sites is 3. The molecule has 0 radical (unpaired) electrons. The van der Waals surface area contributed by atoms with Crippen LogP contribution in [0.1, 0.15) is 0 Å². The Labute approximate surface area is 346 Å². The van der Waals surface area contributed by atoms with Gasteiger partial charge in [-0.3, -0.25) is 0 Å². The molecule has 4 heteroatoms. The van der Waals surface area contributed by atoms with Crippen molar-refractivity contribution in [3.05, 3.63) is 218 Å². The molecule has 0 aliphatic heterocycles. The van der Waals surface area contributed by atoms with Crippen molar-refractivity contribution in [3.8, 4) is 56.4 Å². The van der Waals surface area contributed by atoms with Crippen LogP contribution in [0.15, 0.2) is 218 Å². The minimum absolute atomic E-state index is 0.692. The van der Waals surface area contributed by atoms with Crippen molar-refractivity contribution in [3.63, 3.8) is 0 Å². The van der Waals surface area contributed by atoms with Gasteiger partial charge in [-0.25, -0.2) is 9.97 Å². The van der Waals surface area contributed by atoms with Gasteiger partial charge in [0.05, 0.1) is 33.5 Å². The van der Waals surface area contributed by atoms with E-state index in [-0.39, 0.29) is 0 Å². The molecule has 3 aromatic heterocycles. The molecule has 60 heavy (non-hydrogen) atoms. The lowest BCUT2D eigenvalue weighted by Crippen LogP contribution is -1.99. The topological polar surface area (TPSA) is 35.6 Å². The van der Waals surface area contributed by atoms with E-state index >= 15 is 0 Å². The van der Waals surface area contributed by atoms with Gasteiger partial charge in [-0.05, 0) is 70.4 Å². The second-order valence-corrected chi connectivity index (χ2v) is 15.4. The highest BCUT2D eigenvalue weighted by Crippen LogP contribution is 2.43. The molecule has 0 bridgehead atoms. The molecule has 0 spiro atoms. The fraction of sp³-hybridized carbons (Fsp3) is 0. The van der Waals surface area contributed by atoms with Gasteiger partial charge in [0.1, 0.15) is 0 Å². The summed E-state index contributed by atoms with van der Waals surface area (Å²) in [6.45, 7) is 0. The zero-order valence-corrected chi connectivity index (χ0v) is 32.6. The number of benzene rings is 9. The molecule has 9 aromatic carbocycles. The van der Waals surface area contributed by atoms with Gasteiger partial charge in [0.25, 0.3) is 0 Å². The van der Waals surface area contributed by atoms with Gasteiger partial charge in [0, 0.05) is 49.6 Å². The number of rotatable bonds is 6. The summed E-state index contributed by atoms with van der Waals surface area (Å²) in [5, 5.41) is 7.20. The normalized spacial score (nSPS) is 11.7. The molecule has 0 amide bonds. The summed E-state index contributed by atoms with van der Waals surface area (Å²) in [5.41, 5.74) is 14.1. The van der Waals surface area contributed by atoms with E-state index in [0.717, 1.165) is 61.3 Å². The van der Waals surface area contributed by atoms with E-state index in [1.165, 1.54) is 43.7 Å². The van der Waals surface area contributed by atoms with Gasteiger partial charge < -0.3 is 9.13 Å². The maximum absolute atomic E-state index is 5.35. The number of hydrogen-bond acceptors (Lipinski definition) is 2. The molecule has 12 rings (SSSR count). The summed E-state index contributed by atoms with van der Waals surface area (Å²) in [4.78, 5) is 10.5. The molecule has 0 atom stereocenters. The van der Waals surface area contributed by atoms with Crippen molar-refractivity contribution in [2.75, 3.05) is 0 Å². The highest BCUT2D eigenvalue weighted by atomic mass is 15.0. The average Bonchev–Trinajstić information content (AvgIpc) is 3.85. The fourth-order valence-corrected chi connectivity index (χ4v) is 9.18. The van der Waals surface area contributed by atoms with E-state index in [0.29, 0.717) is 5.82 Å². The molecule has 0 fully saturated rings. The number of hydrogen-bond donors (Lipinski definition) is 0. The Balaban J connectivity index is 1.12. The Morgan fingerprint density at radius 3 is 1.63 bits per heavy atom. The molecule has 0 N–H and O–H groups in total. The molecule has 280 valence electrons. The summed E-state index contributed by atoms with van der Waals surface area (Å²) in [6, 6.07) is 77.9. The average molecular weight is 765 g/mol. The lowest BCUT2D eigenvalue weighted by molar-refractivity contribution is 1.17. The molecule has 0 unspecified atom stereocenters. The summed E-state index contributed by atoms with van der Waals surface area (Å²) in [6.07, 6.45) is 0. The van der Waals surface area contributed by atoms with E-state index in [1.807, 2.05) is 18.2 Å². The van der Waals surface area contributed by atoms with Gasteiger partial charge >= 0.3 is 0 Å². The Morgan fingerprint density at radius 1 is 0.317 bits per heavy atom. The number of fused-ring (bicyclic) bond motifs is 8. The van der Waals surface area contributed by atoms with Crippen LogP contribution in [-0.2, 0) is 0 Å². The highest BCUT2D eigenvalue weighted by molar-refractivity contribution is 6.26. The summed E-state index contributed by atoms with van der Waals surface area (Å²) in [5.74, 6) is 0.692. The lowest BCUT2D eigenvalue weighted by Gasteiger charge is -2.15. The van der Waals surface area contributed by atoms with Crippen molar-refractivity contribution in [2.45, 2.75) is 0 Å². The Bertz CT molecular complexity index is 3570. The third-order valence-electron chi connectivity index (χ3n) is 11.9. The van der Waals surface area contributed by atoms with Crippen LogP contribution >= 0.6 is 0 Å². The van der Waals surface area contributed by atoms with Crippen molar-refractivity contribution in [1.29, 1.82) is 0 Å². The first kappa shape index (κ1) is 34.0. The minimum Gasteiger partial charge on any atom is -0.309 e. The summed E-state index contributed by atoms with van der Waals surface area (Å²) >= 11 is 0. The van der Waals surface area contributed by atoms with Crippen LogP contribution in [0, 0.1) is 0 Å². The predicted octanol–water partition coefficient (Wildman–Crippen LogP) is 14.5.